The van der Waals surface area contributed by atoms with Crippen LogP contribution in [0.3, 0.4) is 0 Å². The van der Waals surface area contributed by atoms with Crippen LogP contribution in [-0.4, -0.2) is 38.2 Å². The molecule has 1 unspecified atom stereocenters. The maximum Gasteiger partial charge on any atom is 0.214 e. The monoisotopic (exact) mass is 297 g/mol. The molecule has 1 fully saturated rings. The van der Waals surface area contributed by atoms with Crippen molar-refractivity contribution in [2.75, 3.05) is 25.4 Å². The summed E-state index contributed by atoms with van der Waals surface area (Å²) < 4.78 is 31.2. The lowest BCUT2D eigenvalue weighted by Crippen LogP contribution is -2.31. The van der Waals surface area contributed by atoms with Crippen molar-refractivity contribution < 1.29 is 13.2 Å². The van der Waals surface area contributed by atoms with Gasteiger partial charge in [-0.25, -0.2) is 12.7 Å². The van der Waals surface area contributed by atoms with Gasteiger partial charge in [0.1, 0.15) is 0 Å². The second-order valence-corrected chi connectivity index (χ2v) is 7.42. The zero-order valence-electron chi connectivity index (χ0n) is 12.0. The van der Waals surface area contributed by atoms with E-state index in [-0.39, 0.29) is 5.75 Å². The molecule has 1 aliphatic rings. The molecule has 1 aliphatic heterocycles. The first-order valence-electron chi connectivity index (χ1n) is 7.21. The van der Waals surface area contributed by atoms with Gasteiger partial charge >= 0.3 is 0 Å². The van der Waals surface area contributed by atoms with Gasteiger partial charge in [-0.3, -0.25) is 0 Å². The fourth-order valence-corrected chi connectivity index (χ4v) is 4.09. The smallest absolute Gasteiger partial charge is 0.214 e. The lowest BCUT2D eigenvalue weighted by atomic mass is 10.1. The lowest BCUT2D eigenvalue weighted by Gasteiger charge is -2.16. The zero-order chi connectivity index (χ0) is 14.4. The third-order valence-electron chi connectivity index (χ3n) is 3.57. The van der Waals surface area contributed by atoms with Gasteiger partial charge in [0.05, 0.1) is 19.0 Å². The van der Waals surface area contributed by atoms with E-state index in [0.29, 0.717) is 38.6 Å². The molecule has 1 aromatic rings. The molecular weight excluding hydrogens is 274 g/mol. The Bertz CT molecular complexity index is 501. The molecule has 0 saturated carbocycles. The molecule has 0 aromatic heterocycles. The number of rotatable bonds is 7. The van der Waals surface area contributed by atoms with Gasteiger partial charge in [-0.2, -0.15) is 0 Å². The van der Waals surface area contributed by atoms with Crippen molar-refractivity contribution in [2.24, 2.45) is 5.92 Å². The fourth-order valence-electron chi connectivity index (χ4n) is 2.49. The minimum absolute atomic E-state index is 0.255. The van der Waals surface area contributed by atoms with E-state index in [1.165, 1.54) is 0 Å². The molecule has 4 nitrogen and oxygen atoms in total. The SMILES string of the molecule is CCCS(=O)(=O)N1CCC(COCc2ccccc2)C1. The fraction of sp³-hybridized carbons (Fsp3) is 0.600. The van der Waals surface area contributed by atoms with Gasteiger partial charge in [-0.15, -0.1) is 0 Å². The van der Waals surface area contributed by atoms with E-state index in [9.17, 15) is 8.42 Å². The second-order valence-electron chi connectivity index (χ2n) is 5.33. The highest BCUT2D eigenvalue weighted by Crippen LogP contribution is 2.20. The normalized spacial score (nSPS) is 20.4. The number of hydrogen-bond donors (Lipinski definition) is 0. The summed E-state index contributed by atoms with van der Waals surface area (Å²) in [4.78, 5) is 0. The van der Waals surface area contributed by atoms with Crippen molar-refractivity contribution in [1.29, 1.82) is 0 Å². The van der Waals surface area contributed by atoms with Crippen LogP contribution in [0.4, 0.5) is 0 Å². The average molecular weight is 297 g/mol. The summed E-state index contributed by atoms with van der Waals surface area (Å²) in [7, 11) is -3.04. The quantitative estimate of drug-likeness (QED) is 0.775. The van der Waals surface area contributed by atoms with Gasteiger partial charge in [0.15, 0.2) is 0 Å². The molecular formula is C15H23NO3S. The highest BCUT2D eigenvalue weighted by molar-refractivity contribution is 7.89. The molecule has 5 heteroatoms. The second kappa shape index (κ2) is 7.20. The van der Waals surface area contributed by atoms with Crippen LogP contribution in [0.15, 0.2) is 30.3 Å². The molecule has 0 radical (unpaired) electrons. The molecule has 20 heavy (non-hydrogen) atoms. The predicted octanol–water partition coefficient (Wildman–Crippen LogP) is 2.26. The van der Waals surface area contributed by atoms with E-state index in [1.54, 1.807) is 4.31 Å². The summed E-state index contributed by atoms with van der Waals surface area (Å²) >= 11 is 0. The molecule has 0 N–H and O–H groups in total. The molecule has 0 bridgehead atoms. The van der Waals surface area contributed by atoms with E-state index >= 15 is 0 Å². The third-order valence-corrected chi connectivity index (χ3v) is 5.61. The van der Waals surface area contributed by atoms with Gasteiger partial charge in [0.2, 0.25) is 10.0 Å². The Labute approximate surface area is 121 Å². The largest absolute Gasteiger partial charge is 0.376 e. The van der Waals surface area contributed by atoms with Crippen molar-refractivity contribution in [1.82, 2.24) is 4.31 Å². The Morgan fingerprint density at radius 2 is 2.05 bits per heavy atom. The van der Waals surface area contributed by atoms with Gasteiger partial charge in [-0.05, 0) is 24.3 Å². The summed E-state index contributed by atoms with van der Waals surface area (Å²) in [6, 6.07) is 10.0. The topological polar surface area (TPSA) is 46.6 Å². The minimum atomic E-state index is -3.04. The first-order chi connectivity index (χ1) is 9.62. The molecule has 1 heterocycles. The standard InChI is InChI=1S/C15H23NO3S/c1-2-10-20(17,18)16-9-8-15(11-16)13-19-12-14-6-4-3-5-7-14/h3-7,15H,2,8-13H2,1H3. The average Bonchev–Trinajstić information content (AvgIpc) is 2.90. The number of nitrogens with zero attached hydrogens (tertiary/aromatic N) is 1. The third kappa shape index (κ3) is 4.30. The first-order valence-corrected chi connectivity index (χ1v) is 8.82. The van der Waals surface area contributed by atoms with Gasteiger partial charge in [0, 0.05) is 13.1 Å². The van der Waals surface area contributed by atoms with Crippen LogP contribution in [-0.2, 0) is 21.4 Å². The molecule has 0 aliphatic carbocycles. The number of sulfonamides is 1. The van der Waals surface area contributed by atoms with Crippen LogP contribution >= 0.6 is 0 Å². The van der Waals surface area contributed by atoms with E-state index in [4.69, 9.17) is 4.74 Å². The summed E-state index contributed by atoms with van der Waals surface area (Å²) in [6.07, 6.45) is 1.58. The Hall–Kier alpha value is -0.910. The van der Waals surface area contributed by atoms with Crippen LogP contribution in [0, 0.1) is 5.92 Å². The lowest BCUT2D eigenvalue weighted by molar-refractivity contribution is 0.0910. The highest BCUT2D eigenvalue weighted by Gasteiger charge is 2.30. The van der Waals surface area contributed by atoms with E-state index < -0.39 is 10.0 Å². The Morgan fingerprint density at radius 3 is 2.75 bits per heavy atom. The van der Waals surface area contributed by atoms with Gasteiger partial charge in [-0.1, -0.05) is 37.3 Å². The van der Waals surface area contributed by atoms with E-state index in [0.717, 1.165) is 12.0 Å². The molecule has 1 atom stereocenters. The van der Waals surface area contributed by atoms with Crippen LogP contribution in [0.1, 0.15) is 25.3 Å². The van der Waals surface area contributed by atoms with Crippen molar-refractivity contribution >= 4 is 10.0 Å². The van der Waals surface area contributed by atoms with Crippen molar-refractivity contribution in [3.05, 3.63) is 35.9 Å². The van der Waals surface area contributed by atoms with Gasteiger partial charge < -0.3 is 4.74 Å². The summed E-state index contributed by atoms with van der Waals surface area (Å²) in [5.41, 5.74) is 1.15. The molecule has 0 amide bonds. The van der Waals surface area contributed by atoms with Gasteiger partial charge in [0.25, 0.3) is 0 Å². The Kier molecular flexibility index (Phi) is 5.57. The van der Waals surface area contributed by atoms with E-state index in [2.05, 4.69) is 0 Å². The maximum atomic E-state index is 12.0. The summed E-state index contributed by atoms with van der Waals surface area (Å²) in [5.74, 6) is 0.579. The Balaban J connectivity index is 1.74. The number of ether oxygens (including phenoxy) is 1. The van der Waals surface area contributed by atoms with Crippen molar-refractivity contribution in [3.8, 4) is 0 Å². The van der Waals surface area contributed by atoms with Crippen LogP contribution in [0.5, 0.6) is 0 Å². The van der Waals surface area contributed by atoms with Crippen molar-refractivity contribution in [2.45, 2.75) is 26.4 Å². The maximum absolute atomic E-state index is 12.0. The number of benzene rings is 1. The van der Waals surface area contributed by atoms with Crippen LogP contribution in [0.2, 0.25) is 0 Å². The van der Waals surface area contributed by atoms with Crippen LogP contribution < -0.4 is 0 Å². The molecule has 1 saturated heterocycles. The molecule has 2 rings (SSSR count). The summed E-state index contributed by atoms with van der Waals surface area (Å²) in [6.45, 7) is 4.37. The molecule has 0 spiro atoms. The molecule has 112 valence electrons. The minimum Gasteiger partial charge on any atom is -0.376 e. The predicted molar refractivity (Wildman–Crippen MR) is 79.9 cm³/mol. The zero-order valence-corrected chi connectivity index (χ0v) is 12.8. The summed E-state index contributed by atoms with van der Waals surface area (Å²) in [5, 5.41) is 0. The van der Waals surface area contributed by atoms with E-state index in [1.807, 2.05) is 37.3 Å². The Morgan fingerprint density at radius 1 is 1.30 bits per heavy atom. The van der Waals surface area contributed by atoms with Crippen LogP contribution in [0.25, 0.3) is 0 Å². The van der Waals surface area contributed by atoms with Crippen molar-refractivity contribution in [3.63, 3.8) is 0 Å². The first kappa shape index (κ1) is 15.5. The number of hydrogen-bond acceptors (Lipinski definition) is 3. The molecule has 1 aromatic carbocycles. The highest BCUT2D eigenvalue weighted by atomic mass is 32.2.